The summed E-state index contributed by atoms with van der Waals surface area (Å²) in [7, 11) is 0. The van der Waals surface area contributed by atoms with Crippen molar-refractivity contribution in [2.24, 2.45) is 5.92 Å². The number of halogens is 1. The standard InChI is InChI=1S/C12H13IN2O2/c1-7(2)5-15-6-14-10-8(12(15)17)3-4-9(13)11(10)16/h3-4,6-7,16H,5H2,1-2H3. The predicted molar refractivity (Wildman–Crippen MR) is 75.2 cm³/mol. The number of aromatic hydroxyl groups is 1. The SMILES string of the molecule is CC(C)Cn1cnc2c(O)c(I)ccc2c1=O. The number of fused-ring (bicyclic) bond motifs is 1. The largest absolute Gasteiger partial charge is 0.505 e. The maximum Gasteiger partial charge on any atom is 0.261 e. The third-order valence-corrected chi connectivity index (χ3v) is 3.35. The molecule has 4 nitrogen and oxygen atoms in total. The van der Waals surface area contributed by atoms with Crippen molar-refractivity contribution in [1.82, 2.24) is 9.55 Å². The Hall–Kier alpha value is -1.11. The first-order chi connectivity index (χ1) is 8.00. The Morgan fingerprint density at radius 2 is 2.18 bits per heavy atom. The summed E-state index contributed by atoms with van der Waals surface area (Å²) in [6.07, 6.45) is 1.50. The van der Waals surface area contributed by atoms with Gasteiger partial charge in [-0.05, 0) is 40.6 Å². The summed E-state index contributed by atoms with van der Waals surface area (Å²) in [4.78, 5) is 16.3. The molecule has 1 aromatic carbocycles. The highest BCUT2D eigenvalue weighted by Gasteiger charge is 2.10. The highest BCUT2D eigenvalue weighted by molar-refractivity contribution is 14.1. The number of phenolic OH excluding ortho intramolecular Hbond substituents is 1. The molecular formula is C12H13IN2O2. The van der Waals surface area contributed by atoms with E-state index in [1.54, 1.807) is 16.7 Å². The van der Waals surface area contributed by atoms with Gasteiger partial charge in [-0.25, -0.2) is 4.98 Å². The summed E-state index contributed by atoms with van der Waals surface area (Å²) in [5.41, 5.74) is 0.275. The number of nitrogens with zero attached hydrogens (tertiary/aromatic N) is 2. The molecule has 0 bridgehead atoms. The minimum atomic E-state index is -0.101. The Morgan fingerprint density at radius 1 is 1.47 bits per heavy atom. The number of rotatable bonds is 2. The van der Waals surface area contributed by atoms with Crippen molar-refractivity contribution < 1.29 is 5.11 Å². The molecule has 1 aromatic heterocycles. The van der Waals surface area contributed by atoms with E-state index in [2.05, 4.69) is 4.98 Å². The van der Waals surface area contributed by atoms with Crippen LogP contribution in [-0.2, 0) is 6.54 Å². The average Bonchev–Trinajstić information content (AvgIpc) is 2.27. The van der Waals surface area contributed by atoms with Crippen molar-refractivity contribution in [3.63, 3.8) is 0 Å². The van der Waals surface area contributed by atoms with Crippen LogP contribution >= 0.6 is 22.6 Å². The van der Waals surface area contributed by atoms with Gasteiger partial charge in [0, 0.05) is 6.54 Å². The van der Waals surface area contributed by atoms with Crippen molar-refractivity contribution in [2.75, 3.05) is 0 Å². The summed E-state index contributed by atoms with van der Waals surface area (Å²) in [5, 5.41) is 10.3. The van der Waals surface area contributed by atoms with Gasteiger partial charge >= 0.3 is 0 Å². The van der Waals surface area contributed by atoms with Crippen LogP contribution in [0.2, 0.25) is 0 Å². The van der Waals surface area contributed by atoms with E-state index in [0.717, 1.165) is 0 Å². The highest BCUT2D eigenvalue weighted by atomic mass is 127. The Balaban J connectivity index is 2.69. The van der Waals surface area contributed by atoms with Crippen LogP contribution in [0.4, 0.5) is 0 Å². The molecule has 1 heterocycles. The van der Waals surface area contributed by atoms with Crippen LogP contribution < -0.4 is 5.56 Å². The zero-order chi connectivity index (χ0) is 12.6. The lowest BCUT2D eigenvalue weighted by Gasteiger charge is -2.09. The Kier molecular flexibility index (Phi) is 3.37. The fourth-order valence-corrected chi connectivity index (χ4v) is 2.15. The lowest BCUT2D eigenvalue weighted by Crippen LogP contribution is -2.22. The van der Waals surface area contributed by atoms with E-state index >= 15 is 0 Å². The fourth-order valence-electron chi connectivity index (χ4n) is 1.72. The molecule has 0 spiro atoms. The average molecular weight is 344 g/mol. The molecule has 0 unspecified atom stereocenters. The first-order valence-corrected chi connectivity index (χ1v) is 6.45. The molecule has 5 heteroatoms. The summed E-state index contributed by atoms with van der Waals surface area (Å²) < 4.78 is 2.28. The second kappa shape index (κ2) is 4.64. The molecule has 0 saturated heterocycles. The van der Waals surface area contributed by atoms with Gasteiger partial charge in [0.25, 0.3) is 5.56 Å². The van der Waals surface area contributed by atoms with Gasteiger partial charge in [-0.2, -0.15) is 0 Å². The van der Waals surface area contributed by atoms with Crippen molar-refractivity contribution in [2.45, 2.75) is 20.4 Å². The zero-order valence-electron chi connectivity index (χ0n) is 9.64. The highest BCUT2D eigenvalue weighted by Crippen LogP contribution is 2.26. The van der Waals surface area contributed by atoms with E-state index in [1.165, 1.54) is 6.33 Å². The minimum absolute atomic E-state index is 0.0805. The van der Waals surface area contributed by atoms with Gasteiger partial charge < -0.3 is 5.11 Å². The first kappa shape index (κ1) is 12.3. The Labute approximate surface area is 112 Å². The van der Waals surface area contributed by atoms with Gasteiger partial charge in [-0.1, -0.05) is 13.8 Å². The maximum atomic E-state index is 12.1. The molecule has 2 rings (SSSR count). The molecule has 0 aliphatic carbocycles. The molecule has 17 heavy (non-hydrogen) atoms. The van der Waals surface area contributed by atoms with Crippen LogP contribution in [0.25, 0.3) is 10.9 Å². The quantitative estimate of drug-likeness (QED) is 0.851. The van der Waals surface area contributed by atoms with Crippen LogP contribution in [0.15, 0.2) is 23.3 Å². The molecule has 0 atom stereocenters. The molecule has 0 fully saturated rings. The number of aromatic nitrogens is 2. The molecule has 0 aliphatic heterocycles. The fraction of sp³-hybridized carbons (Fsp3) is 0.333. The third kappa shape index (κ3) is 2.29. The molecule has 0 saturated carbocycles. The summed E-state index contributed by atoms with van der Waals surface area (Å²) >= 11 is 2.01. The van der Waals surface area contributed by atoms with E-state index in [9.17, 15) is 9.90 Å². The number of phenols is 1. The smallest absolute Gasteiger partial charge is 0.261 e. The van der Waals surface area contributed by atoms with Gasteiger partial charge in [-0.3, -0.25) is 9.36 Å². The second-order valence-corrected chi connectivity index (χ2v) is 5.55. The molecule has 0 amide bonds. The lowest BCUT2D eigenvalue weighted by molar-refractivity contribution is 0.475. The predicted octanol–water partition coefficient (Wildman–Crippen LogP) is 2.36. The Morgan fingerprint density at radius 3 is 2.82 bits per heavy atom. The minimum Gasteiger partial charge on any atom is -0.505 e. The van der Waals surface area contributed by atoms with E-state index in [1.807, 2.05) is 36.4 Å². The van der Waals surface area contributed by atoms with Gasteiger partial charge in [0.15, 0.2) is 5.75 Å². The number of hydrogen-bond donors (Lipinski definition) is 1. The van der Waals surface area contributed by atoms with Crippen molar-refractivity contribution >= 4 is 33.5 Å². The van der Waals surface area contributed by atoms with Gasteiger partial charge in [0.2, 0.25) is 0 Å². The van der Waals surface area contributed by atoms with E-state index in [4.69, 9.17) is 0 Å². The Bertz CT molecular complexity index is 620. The van der Waals surface area contributed by atoms with Crippen molar-refractivity contribution in [3.05, 3.63) is 32.4 Å². The number of hydrogen-bond acceptors (Lipinski definition) is 3. The van der Waals surface area contributed by atoms with Gasteiger partial charge in [0.1, 0.15) is 5.52 Å². The van der Waals surface area contributed by atoms with Gasteiger partial charge in [0.05, 0.1) is 15.3 Å². The molecule has 2 aromatic rings. The van der Waals surface area contributed by atoms with E-state index in [-0.39, 0.29) is 11.3 Å². The van der Waals surface area contributed by atoms with Crippen LogP contribution in [-0.4, -0.2) is 14.7 Å². The van der Waals surface area contributed by atoms with Crippen LogP contribution in [0.1, 0.15) is 13.8 Å². The summed E-state index contributed by atoms with van der Waals surface area (Å²) in [5.74, 6) is 0.460. The van der Waals surface area contributed by atoms with Crippen LogP contribution in [0.5, 0.6) is 5.75 Å². The third-order valence-electron chi connectivity index (χ3n) is 2.48. The van der Waals surface area contributed by atoms with E-state index in [0.29, 0.717) is 26.9 Å². The second-order valence-electron chi connectivity index (χ2n) is 4.39. The number of benzene rings is 1. The molecular weight excluding hydrogens is 331 g/mol. The first-order valence-electron chi connectivity index (χ1n) is 5.37. The van der Waals surface area contributed by atoms with E-state index < -0.39 is 0 Å². The van der Waals surface area contributed by atoms with Crippen molar-refractivity contribution in [1.29, 1.82) is 0 Å². The molecule has 0 radical (unpaired) electrons. The van der Waals surface area contributed by atoms with Gasteiger partial charge in [-0.15, -0.1) is 0 Å². The molecule has 1 N–H and O–H groups in total. The molecule has 90 valence electrons. The summed E-state index contributed by atoms with van der Waals surface area (Å²) in [6, 6.07) is 3.43. The molecule has 0 aliphatic rings. The van der Waals surface area contributed by atoms with Crippen LogP contribution in [0, 0.1) is 9.49 Å². The van der Waals surface area contributed by atoms with Crippen LogP contribution in [0.3, 0.4) is 0 Å². The zero-order valence-corrected chi connectivity index (χ0v) is 11.8. The monoisotopic (exact) mass is 344 g/mol. The maximum absolute atomic E-state index is 12.1. The van der Waals surface area contributed by atoms with Crippen molar-refractivity contribution in [3.8, 4) is 5.75 Å². The summed E-state index contributed by atoms with van der Waals surface area (Å²) in [6.45, 7) is 4.72. The lowest BCUT2D eigenvalue weighted by atomic mass is 10.2. The topological polar surface area (TPSA) is 55.1 Å². The normalized spacial score (nSPS) is 11.3.